The Hall–Kier alpha value is -2.05. The van der Waals surface area contributed by atoms with Gasteiger partial charge in [0.05, 0.1) is 12.0 Å². The molecule has 1 aliphatic heterocycles. The van der Waals surface area contributed by atoms with Gasteiger partial charge in [-0.25, -0.2) is 13.1 Å². The molecule has 1 heterocycles. The number of hydrogen-bond donors (Lipinski definition) is 1. The van der Waals surface area contributed by atoms with Crippen molar-refractivity contribution >= 4 is 15.7 Å². The first-order valence-corrected chi connectivity index (χ1v) is 10.8. The quantitative estimate of drug-likeness (QED) is 0.851. The smallest absolute Gasteiger partial charge is 0.241 e. The van der Waals surface area contributed by atoms with Gasteiger partial charge in [0, 0.05) is 24.8 Å². The number of nitrogens with zero attached hydrogens (tertiary/aromatic N) is 1. The molecule has 3 rings (SSSR count). The van der Waals surface area contributed by atoms with Crippen LogP contribution in [-0.2, 0) is 10.0 Å². The maximum Gasteiger partial charge on any atom is 0.241 e. The summed E-state index contributed by atoms with van der Waals surface area (Å²) in [7, 11) is -1.86. The highest BCUT2D eigenvalue weighted by Crippen LogP contribution is 2.25. The third kappa shape index (κ3) is 4.45. The Morgan fingerprint density at radius 1 is 1.00 bits per heavy atom. The number of methoxy groups -OCH3 is 1. The summed E-state index contributed by atoms with van der Waals surface area (Å²) in [5.41, 5.74) is 3.82. The molecule has 0 bridgehead atoms. The first-order valence-electron chi connectivity index (χ1n) is 9.29. The summed E-state index contributed by atoms with van der Waals surface area (Å²) in [6.07, 6.45) is 1.57. The number of ether oxygens (including phenoxy) is 1. The fourth-order valence-corrected chi connectivity index (χ4v) is 5.68. The van der Waals surface area contributed by atoms with Gasteiger partial charge >= 0.3 is 0 Å². The lowest BCUT2D eigenvalue weighted by molar-refractivity contribution is 0.414. The van der Waals surface area contributed by atoms with Crippen LogP contribution < -0.4 is 14.4 Å². The number of piperidine rings is 1. The zero-order valence-electron chi connectivity index (χ0n) is 16.5. The molecule has 0 unspecified atom stereocenters. The van der Waals surface area contributed by atoms with Gasteiger partial charge in [-0.05, 0) is 69.0 Å². The minimum atomic E-state index is -3.51. The standard InChI is InChI=1S/C21H28N2O3S/c1-15-13-16(2)21(17(3)14-15)27(24,25)22-18-9-11-23(12-10-18)19-5-7-20(26-4)8-6-19/h5-8,13-14,18,22H,9-12H2,1-4H3. The maximum atomic E-state index is 12.9. The third-order valence-corrected chi connectivity index (χ3v) is 6.95. The molecular weight excluding hydrogens is 360 g/mol. The minimum absolute atomic E-state index is 0.0374. The number of hydrogen-bond acceptors (Lipinski definition) is 4. The molecule has 27 heavy (non-hydrogen) atoms. The van der Waals surface area contributed by atoms with Crippen LogP contribution in [0.1, 0.15) is 29.5 Å². The van der Waals surface area contributed by atoms with Crippen LogP contribution >= 0.6 is 0 Å². The zero-order chi connectivity index (χ0) is 19.6. The Kier molecular flexibility index (Phi) is 5.77. The zero-order valence-corrected chi connectivity index (χ0v) is 17.3. The van der Waals surface area contributed by atoms with Crippen molar-refractivity contribution < 1.29 is 13.2 Å². The second-order valence-corrected chi connectivity index (χ2v) is 8.96. The van der Waals surface area contributed by atoms with Crippen molar-refractivity contribution in [3.63, 3.8) is 0 Å². The summed E-state index contributed by atoms with van der Waals surface area (Å²) in [6.45, 7) is 7.36. The van der Waals surface area contributed by atoms with Gasteiger partial charge in [0.25, 0.3) is 0 Å². The van der Waals surface area contributed by atoms with E-state index in [4.69, 9.17) is 4.74 Å². The molecule has 0 amide bonds. The molecule has 0 spiro atoms. The van der Waals surface area contributed by atoms with Gasteiger partial charge in [-0.3, -0.25) is 0 Å². The van der Waals surface area contributed by atoms with Crippen molar-refractivity contribution in [2.75, 3.05) is 25.1 Å². The first kappa shape index (κ1) is 19.7. The molecule has 5 nitrogen and oxygen atoms in total. The molecule has 1 aliphatic rings. The molecule has 0 aromatic heterocycles. The van der Waals surface area contributed by atoms with E-state index in [-0.39, 0.29) is 6.04 Å². The van der Waals surface area contributed by atoms with Crippen molar-refractivity contribution in [2.24, 2.45) is 0 Å². The number of anilines is 1. The van der Waals surface area contributed by atoms with Crippen molar-refractivity contribution in [1.82, 2.24) is 4.72 Å². The van der Waals surface area contributed by atoms with Crippen molar-refractivity contribution in [3.05, 3.63) is 53.1 Å². The predicted octanol–water partition coefficient (Wildman–Crippen LogP) is 3.57. The normalized spacial score (nSPS) is 15.8. The summed E-state index contributed by atoms with van der Waals surface area (Å²) in [4.78, 5) is 2.71. The lowest BCUT2D eigenvalue weighted by Gasteiger charge is -2.34. The van der Waals surface area contributed by atoms with Crippen LogP contribution in [0.4, 0.5) is 5.69 Å². The van der Waals surface area contributed by atoms with E-state index in [9.17, 15) is 8.42 Å². The van der Waals surface area contributed by atoms with Gasteiger partial charge in [0.1, 0.15) is 5.75 Å². The maximum absolute atomic E-state index is 12.9. The van der Waals surface area contributed by atoms with Crippen LogP contribution in [0.25, 0.3) is 0 Å². The number of sulfonamides is 1. The molecule has 1 N–H and O–H groups in total. The fraction of sp³-hybridized carbons (Fsp3) is 0.429. The van der Waals surface area contributed by atoms with E-state index in [2.05, 4.69) is 9.62 Å². The molecule has 146 valence electrons. The van der Waals surface area contributed by atoms with Gasteiger partial charge in [-0.1, -0.05) is 17.7 Å². The molecule has 0 saturated carbocycles. The fourth-order valence-electron chi connectivity index (χ4n) is 3.92. The molecule has 0 atom stereocenters. The van der Waals surface area contributed by atoms with Gasteiger partial charge in [-0.2, -0.15) is 0 Å². The third-order valence-electron chi connectivity index (χ3n) is 5.13. The van der Waals surface area contributed by atoms with Crippen LogP contribution in [0, 0.1) is 20.8 Å². The van der Waals surface area contributed by atoms with E-state index in [1.165, 1.54) is 0 Å². The lowest BCUT2D eigenvalue weighted by Crippen LogP contribution is -2.44. The van der Waals surface area contributed by atoms with E-state index >= 15 is 0 Å². The second kappa shape index (κ2) is 7.90. The second-order valence-electron chi connectivity index (χ2n) is 7.31. The minimum Gasteiger partial charge on any atom is -0.497 e. The molecule has 0 radical (unpaired) electrons. The largest absolute Gasteiger partial charge is 0.497 e. The SMILES string of the molecule is COc1ccc(N2CCC(NS(=O)(=O)c3c(C)cc(C)cc3C)CC2)cc1. The molecule has 1 fully saturated rings. The molecular formula is C21H28N2O3S. The van der Waals surface area contributed by atoms with E-state index in [1.807, 2.05) is 57.2 Å². The monoisotopic (exact) mass is 388 g/mol. The Morgan fingerprint density at radius 2 is 1.56 bits per heavy atom. The van der Waals surface area contributed by atoms with Crippen LogP contribution in [-0.4, -0.2) is 34.7 Å². The predicted molar refractivity (Wildman–Crippen MR) is 109 cm³/mol. The highest BCUT2D eigenvalue weighted by Gasteiger charge is 2.27. The topological polar surface area (TPSA) is 58.6 Å². The lowest BCUT2D eigenvalue weighted by atomic mass is 10.1. The van der Waals surface area contributed by atoms with E-state index in [1.54, 1.807) is 7.11 Å². The van der Waals surface area contributed by atoms with Gasteiger partial charge < -0.3 is 9.64 Å². The number of aryl methyl sites for hydroxylation is 3. The highest BCUT2D eigenvalue weighted by molar-refractivity contribution is 7.89. The van der Waals surface area contributed by atoms with Gasteiger partial charge in [0.15, 0.2) is 0 Å². The Labute approximate surface area is 162 Å². The van der Waals surface area contributed by atoms with Crippen LogP contribution in [0.5, 0.6) is 5.75 Å². The summed E-state index contributed by atoms with van der Waals surface area (Å²) >= 11 is 0. The van der Waals surface area contributed by atoms with Crippen molar-refractivity contribution in [3.8, 4) is 5.75 Å². The molecule has 2 aromatic carbocycles. The van der Waals surface area contributed by atoms with Crippen LogP contribution in [0.2, 0.25) is 0 Å². The number of rotatable bonds is 5. The summed E-state index contributed by atoms with van der Waals surface area (Å²) in [6, 6.07) is 11.8. The van der Waals surface area contributed by atoms with Crippen molar-refractivity contribution in [2.45, 2.75) is 44.6 Å². The number of nitrogens with one attached hydrogen (secondary N) is 1. The Balaban J connectivity index is 1.66. The summed E-state index contributed by atoms with van der Waals surface area (Å²) in [5, 5.41) is 0. The summed E-state index contributed by atoms with van der Waals surface area (Å²) in [5.74, 6) is 0.838. The highest BCUT2D eigenvalue weighted by atomic mass is 32.2. The molecule has 2 aromatic rings. The average molecular weight is 389 g/mol. The van der Waals surface area contributed by atoms with E-state index < -0.39 is 10.0 Å². The Morgan fingerprint density at radius 3 is 2.07 bits per heavy atom. The molecule has 1 saturated heterocycles. The van der Waals surface area contributed by atoms with E-state index in [0.29, 0.717) is 4.90 Å². The van der Waals surface area contributed by atoms with E-state index in [0.717, 1.165) is 54.1 Å². The molecule has 6 heteroatoms. The van der Waals surface area contributed by atoms with Gasteiger partial charge in [0.2, 0.25) is 10.0 Å². The van der Waals surface area contributed by atoms with Crippen molar-refractivity contribution in [1.29, 1.82) is 0 Å². The molecule has 0 aliphatic carbocycles. The Bertz CT molecular complexity index is 877. The summed E-state index contributed by atoms with van der Waals surface area (Å²) < 4.78 is 34.0. The van der Waals surface area contributed by atoms with Crippen LogP contribution in [0.3, 0.4) is 0 Å². The number of benzene rings is 2. The van der Waals surface area contributed by atoms with Gasteiger partial charge in [-0.15, -0.1) is 0 Å². The van der Waals surface area contributed by atoms with Crippen LogP contribution in [0.15, 0.2) is 41.3 Å². The first-order chi connectivity index (χ1) is 12.8. The average Bonchev–Trinajstić information content (AvgIpc) is 2.61.